The van der Waals surface area contributed by atoms with Gasteiger partial charge in [-0.25, -0.2) is 9.47 Å². The average Bonchev–Trinajstić information content (AvgIpc) is 3.40. The zero-order chi connectivity index (χ0) is 40.8. The number of ether oxygens (including phenoxy) is 5. The van der Waals surface area contributed by atoms with E-state index in [1.807, 2.05) is 27.7 Å². The smallest absolute Gasteiger partial charge is 0.493 e. The molecule has 0 bridgehead atoms. The second-order valence-corrected chi connectivity index (χ2v) is 15.3. The molecule has 2 aromatic carbocycles. The van der Waals surface area contributed by atoms with Crippen LogP contribution in [0, 0.1) is 16.7 Å². The number of alkyl halides is 9. The van der Waals surface area contributed by atoms with E-state index in [-0.39, 0.29) is 28.1 Å². The molecule has 1 unspecified atom stereocenters. The summed E-state index contributed by atoms with van der Waals surface area (Å²) in [5.74, 6) is -2.07. The van der Waals surface area contributed by atoms with E-state index >= 15 is 0 Å². The highest BCUT2D eigenvalue weighted by molar-refractivity contribution is 5.85. The number of furan rings is 1. The van der Waals surface area contributed by atoms with E-state index in [0.717, 1.165) is 19.3 Å². The molecule has 0 N–H and O–H groups in total. The van der Waals surface area contributed by atoms with Crippen LogP contribution in [0.2, 0.25) is 0 Å². The monoisotopic (exact) mass is 786 g/mol. The highest BCUT2D eigenvalue weighted by atomic mass is 19.4. The van der Waals surface area contributed by atoms with E-state index < -0.39 is 74.0 Å². The lowest BCUT2D eigenvalue weighted by atomic mass is 9.72. The number of hydrogen-bond donors (Lipinski definition) is 0. The summed E-state index contributed by atoms with van der Waals surface area (Å²) >= 11 is 0. The van der Waals surface area contributed by atoms with E-state index in [9.17, 15) is 44.3 Å². The molecule has 304 valence electrons. The topological polar surface area (TPSA) is 76.4 Å². The highest BCUT2D eigenvalue weighted by Crippen LogP contribution is 2.40. The van der Waals surface area contributed by atoms with Gasteiger partial charge in [-0.05, 0) is 66.0 Å². The van der Waals surface area contributed by atoms with E-state index in [1.165, 1.54) is 36.4 Å². The van der Waals surface area contributed by atoms with Gasteiger partial charge < -0.3 is 18.6 Å². The lowest BCUT2D eigenvalue weighted by Gasteiger charge is -2.34. The summed E-state index contributed by atoms with van der Waals surface area (Å²) in [6, 6.07) is 9.77. The first-order valence-corrected chi connectivity index (χ1v) is 17.4. The van der Waals surface area contributed by atoms with Gasteiger partial charge in [0.1, 0.15) is 22.8 Å². The first-order valence-electron chi connectivity index (χ1n) is 17.4. The van der Waals surface area contributed by atoms with Crippen molar-refractivity contribution in [3.63, 3.8) is 0 Å². The SMILES string of the molecule is CCCCCc1ccc(-c2cc3ccc(OCCC(F)(F)OC(F)(F)OC(F)(F)CCOC(=O)C(CC(C)(C)C)C(C)(C)C)cc3o2)c(OC(F)(F)F)c1. The Balaban J connectivity index is 1.59. The maximum Gasteiger partial charge on any atom is 0.573 e. The Morgan fingerprint density at radius 3 is 1.98 bits per heavy atom. The Bertz CT molecular complexity index is 1670. The van der Waals surface area contributed by atoms with Crippen molar-refractivity contribution in [2.45, 2.75) is 118 Å². The zero-order valence-electron chi connectivity index (χ0n) is 31.2. The predicted octanol–water partition coefficient (Wildman–Crippen LogP) is 12.3. The fourth-order valence-electron chi connectivity index (χ4n) is 5.43. The molecule has 0 saturated carbocycles. The van der Waals surface area contributed by atoms with Crippen LogP contribution in [0.3, 0.4) is 0 Å². The Hall–Kier alpha value is -3.66. The minimum Gasteiger partial charge on any atom is -0.493 e. The van der Waals surface area contributed by atoms with Crippen molar-refractivity contribution in [1.29, 1.82) is 0 Å². The molecular formula is C38H47F9O7. The Morgan fingerprint density at radius 1 is 0.778 bits per heavy atom. The number of rotatable bonds is 19. The quantitative estimate of drug-likeness (QED) is 0.0518. The summed E-state index contributed by atoms with van der Waals surface area (Å²) in [5, 5.41) is 0.405. The van der Waals surface area contributed by atoms with Gasteiger partial charge in [-0.3, -0.25) is 4.79 Å². The van der Waals surface area contributed by atoms with Crippen LogP contribution < -0.4 is 9.47 Å². The van der Waals surface area contributed by atoms with Gasteiger partial charge in [0.05, 0.1) is 37.5 Å². The van der Waals surface area contributed by atoms with Crippen LogP contribution in [0.25, 0.3) is 22.3 Å². The van der Waals surface area contributed by atoms with Gasteiger partial charge in [0.25, 0.3) is 0 Å². The molecule has 0 aliphatic heterocycles. The van der Waals surface area contributed by atoms with Crippen molar-refractivity contribution in [3.8, 4) is 22.8 Å². The van der Waals surface area contributed by atoms with Crippen molar-refractivity contribution < 1.29 is 72.4 Å². The van der Waals surface area contributed by atoms with Crippen molar-refractivity contribution >= 4 is 16.9 Å². The molecule has 3 rings (SSSR count). The Labute approximate surface area is 308 Å². The van der Waals surface area contributed by atoms with Gasteiger partial charge in [-0.2, -0.15) is 17.6 Å². The number of hydrogen-bond acceptors (Lipinski definition) is 7. The minimum atomic E-state index is -5.46. The molecule has 3 aromatic rings. The van der Waals surface area contributed by atoms with Crippen LogP contribution in [-0.2, 0) is 25.4 Å². The maximum absolute atomic E-state index is 14.3. The third-order valence-corrected chi connectivity index (χ3v) is 8.08. The third kappa shape index (κ3) is 14.9. The van der Waals surface area contributed by atoms with E-state index in [1.54, 1.807) is 26.8 Å². The fraction of sp³-hybridized carbons (Fsp3) is 0.605. The van der Waals surface area contributed by atoms with Crippen LogP contribution in [0.5, 0.6) is 11.5 Å². The van der Waals surface area contributed by atoms with Crippen LogP contribution in [0.15, 0.2) is 46.9 Å². The molecule has 0 saturated heterocycles. The van der Waals surface area contributed by atoms with Gasteiger partial charge in [-0.1, -0.05) is 67.4 Å². The number of halogens is 9. The lowest BCUT2D eigenvalue weighted by molar-refractivity contribution is -0.514. The number of carbonyl (C=O) groups is 1. The van der Waals surface area contributed by atoms with Gasteiger partial charge >= 0.3 is 30.8 Å². The van der Waals surface area contributed by atoms with Crippen molar-refractivity contribution in [2.75, 3.05) is 13.2 Å². The van der Waals surface area contributed by atoms with Crippen molar-refractivity contribution in [2.24, 2.45) is 16.7 Å². The van der Waals surface area contributed by atoms with Crippen LogP contribution >= 0.6 is 0 Å². The first kappa shape index (κ1) is 44.7. The second kappa shape index (κ2) is 17.4. The van der Waals surface area contributed by atoms with Crippen LogP contribution in [0.4, 0.5) is 39.5 Å². The standard InChI is InChI=1S/C38H47F9O7/c1-8-9-10-11-24-12-15-27(31(20-24)52-37(43,44)45)30-21-25-13-14-26(22-29(25)51-30)49-18-16-35(39,40)53-38(46,47)54-36(41,42)17-19-50-32(48)28(34(5,6)7)23-33(2,3)4/h12-15,20-22,28H,8-11,16-19,23H2,1-7H3. The highest BCUT2D eigenvalue weighted by Gasteiger charge is 2.52. The summed E-state index contributed by atoms with van der Waals surface area (Å²) < 4.78 is 152. The Morgan fingerprint density at radius 2 is 1.41 bits per heavy atom. The number of fused-ring (bicyclic) bond motifs is 1. The molecule has 0 radical (unpaired) electrons. The predicted molar refractivity (Wildman–Crippen MR) is 181 cm³/mol. The van der Waals surface area contributed by atoms with E-state index in [2.05, 4.69) is 14.2 Å². The summed E-state index contributed by atoms with van der Waals surface area (Å²) in [7, 11) is 0. The largest absolute Gasteiger partial charge is 0.573 e. The maximum atomic E-state index is 14.3. The van der Waals surface area contributed by atoms with Gasteiger partial charge in [0, 0.05) is 11.5 Å². The molecule has 1 atom stereocenters. The number of esters is 1. The molecule has 1 heterocycles. The van der Waals surface area contributed by atoms with Crippen molar-refractivity contribution in [3.05, 3.63) is 48.0 Å². The molecule has 1 aromatic heterocycles. The van der Waals surface area contributed by atoms with Crippen LogP contribution in [0.1, 0.15) is 92.6 Å². The number of unbranched alkanes of at least 4 members (excludes halogenated alkanes) is 2. The average molecular weight is 787 g/mol. The molecule has 0 aliphatic rings. The molecule has 0 spiro atoms. The summed E-state index contributed by atoms with van der Waals surface area (Å²) in [6.07, 6.45) is -19.5. The normalized spacial score (nSPS) is 14.0. The lowest BCUT2D eigenvalue weighted by Crippen LogP contribution is -2.41. The van der Waals surface area contributed by atoms with Crippen LogP contribution in [-0.4, -0.2) is 44.1 Å². The molecule has 0 amide bonds. The molecule has 54 heavy (non-hydrogen) atoms. The molecule has 0 aliphatic carbocycles. The molecule has 7 nitrogen and oxygen atoms in total. The second-order valence-electron chi connectivity index (χ2n) is 15.3. The summed E-state index contributed by atoms with van der Waals surface area (Å²) in [4.78, 5) is 12.6. The van der Waals surface area contributed by atoms with Gasteiger partial charge in [0.2, 0.25) is 0 Å². The van der Waals surface area contributed by atoms with Crippen molar-refractivity contribution in [1.82, 2.24) is 0 Å². The first-order chi connectivity index (χ1) is 24.7. The number of aryl methyl sites for hydroxylation is 1. The van der Waals surface area contributed by atoms with E-state index in [0.29, 0.717) is 23.8 Å². The molecular weight excluding hydrogens is 739 g/mol. The molecule has 16 heteroatoms. The minimum absolute atomic E-state index is 0.00189. The fourth-order valence-corrected chi connectivity index (χ4v) is 5.43. The number of benzene rings is 2. The number of carbonyl (C=O) groups excluding carboxylic acids is 1. The molecule has 0 fully saturated rings. The Kier molecular flexibility index (Phi) is 14.4. The van der Waals surface area contributed by atoms with Gasteiger partial charge in [0.15, 0.2) is 0 Å². The van der Waals surface area contributed by atoms with E-state index in [4.69, 9.17) is 13.9 Å². The third-order valence-electron chi connectivity index (χ3n) is 8.08. The van der Waals surface area contributed by atoms with Gasteiger partial charge in [-0.15, -0.1) is 22.0 Å². The zero-order valence-corrected chi connectivity index (χ0v) is 31.2. The summed E-state index contributed by atoms with van der Waals surface area (Å²) in [6.45, 7) is 10.9. The summed E-state index contributed by atoms with van der Waals surface area (Å²) in [5.41, 5.74) is -0.189.